The average molecular weight is 523 g/mol. The molecule has 2 amide bonds. The summed E-state index contributed by atoms with van der Waals surface area (Å²) in [5, 5.41) is 14.7. The predicted molar refractivity (Wildman–Crippen MR) is 139 cm³/mol. The Kier molecular flexibility index (Phi) is 4.93. The SMILES string of the molecule is O=C(O)c1cc(-c2ccc(/C=N/N3C(=O)C4C5c6ccccc6C(c6ccccc65)C4C3=O)o2)ccc1Cl. The van der Waals surface area contributed by atoms with Gasteiger partial charge in [0.15, 0.2) is 0 Å². The third kappa shape index (κ3) is 3.15. The van der Waals surface area contributed by atoms with E-state index in [4.69, 9.17) is 16.0 Å². The van der Waals surface area contributed by atoms with E-state index in [0.717, 1.165) is 27.3 Å². The normalized spacial score (nSPS) is 23.0. The number of nitrogens with zero attached hydrogens (tertiary/aromatic N) is 2. The van der Waals surface area contributed by atoms with Crippen molar-refractivity contribution in [1.82, 2.24) is 5.01 Å². The maximum absolute atomic E-state index is 13.6. The molecule has 2 unspecified atom stereocenters. The van der Waals surface area contributed by atoms with E-state index in [-0.39, 0.29) is 34.2 Å². The van der Waals surface area contributed by atoms with Crippen molar-refractivity contribution in [2.75, 3.05) is 0 Å². The molecule has 8 heteroatoms. The zero-order valence-corrected chi connectivity index (χ0v) is 20.5. The van der Waals surface area contributed by atoms with Gasteiger partial charge in [0.05, 0.1) is 28.6 Å². The average Bonchev–Trinajstić information content (AvgIpc) is 3.50. The highest BCUT2D eigenvalue weighted by atomic mass is 35.5. The van der Waals surface area contributed by atoms with Crippen LogP contribution in [-0.2, 0) is 9.59 Å². The van der Waals surface area contributed by atoms with Gasteiger partial charge >= 0.3 is 5.97 Å². The number of carbonyl (C=O) groups is 3. The molecule has 3 aromatic carbocycles. The van der Waals surface area contributed by atoms with E-state index >= 15 is 0 Å². The van der Waals surface area contributed by atoms with E-state index in [1.54, 1.807) is 18.2 Å². The minimum atomic E-state index is -1.14. The summed E-state index contributed by atoms with van der Waals surface area (Å²) < 4.78 is 5.81. The summed E-state index contributed by atoms with van der Waals surface area (Å²) in [5.74, 6) is -2.46. The largest absolute Gasteiger partial charge is 0.478 e. The molecule has 4 aliphatic rings. The Morgan fingerprint density at radius 3 is 1.92 bits per heavy atom. The number of benzene rings is 3. The van der Waals surface area contributed by atoms with Gasteiger partial charge in [0.1, 0.15) is 11.5 Å². The fraction of sp³-hybridized carbons (Fsp3) is 0.133. The Morgan fingerprint density at radius 2 is 1.39 bits per heavy atom. The Hall–Kier alpha value is -4.49. The number of hydrogen-bond donors (Lipinski definition) is 1. The molecule has 0 spiro atoms. The first-order chi connectivity index (χ1) is 18.4. The van der Waals surface area contributed by atoms with E-state index in [9.17, 15) is 19.5 Å². The number of carbonyl (C=O) groups excluding carboxylic acids is 2. The molecule has 186 valence electrons. The van der Waals surface area contributed by atoms with Crippen LogP contribution in [0.15, 0.2) is 88.4 Å². The van der Waals surface area contributed by atoms with Crippen molar-refractivity contribution >= 4 is 35.6 Å². The molecule has 8 rings (SSSR count). The van der Waals surface area contributed by atoms with Crippen LogP contribution in [0, 0.1) is 11.8 Å². The minimum absolute atomic E-state index is 0.0386. The molecule has 7 nitrogen and oxygen atoms in total. The lowest BCUT2D eigenvalue weighted by Crippen LogP contribution is -2.41. The number of aromatic carboxylic acids is 1. The second-order valence-electron chi connectivity index (χ2n) is 9.70. The van der Waals surface area contributed by atoms with Crippen molar-refractivity contribution in [3.63, 3.8) is 0 Å². The highest BCUT2D eigenvalue weighted by Gasteiger charge is 2.61. The van der Waals surface area contributed by atoms with Crippen molar-refractivity contribution in [3.05, 3.63) is 117 Å². The maximum Gasteiger partial charge on any atom is 0.337 e. The highest BCUT2D eigenvalue weighted by Crippen LogP contribution is 2.60. The summed E-state index contributed by atoms with van der Waals surface area (Å²) in [7, 11) is 0. The lowest BCUT2D eigenvalue weighted by Gasteiger charge is -2.45. The smallest absolute Gasteiger partial charge is 0.337 e. The van der Waals surface area contributed by atoms with Crippen LogP contribution < -0.4 is 0 Å². The van der Waals surface area contributed by atoms with Crippen LogP contribution in [0.5, 0.6) is 0 Å². The molecular weight excluding hydrogens is 504 g/mol. The quantitative estimate of drug-likeness (QED) is 0.281. The summed E-state index contributed by atoms with van der Waals surface area (Å²) >= 11 is 5.97. The first-order valence-corrected chi connectivity index (χ1v) is 12.5. The van der Waals surface area contributed by atoms with Gasteiger partial charge in [-0.25, -0.2) is 4.79 Å². The molecule has 38 heavy (non-hydrogen) atoms. The van der Waals surface area contributed by atoms with Crippen LogP contribution in [0.25, 0.3) is 11.3 Å². The summed E-state index contributed by atoms with van der Waals surface area (Å²) in [6.07, 6.45) is 1.34. The highest BCUT2D eigenvalue weighted by molar-refractivity contribution is 6.33. The van der Waals surface area contributed by atoms with Gasteiger partial charge in [-0.2, -0.15) is 10.1 Å². The zero-order valence-electron chi connectivity index (χ0n) is 19.7. The van der Waals surface area contributed by atoms with E-state index in [1.165, 1.54) is 18.3 Å². The molecule has 4 aromatic rings. The number of imide groups is 1. The van der Waals surface area contributed by atoms with Gasteiger partial charge in [0.25, 0.3) is 11.8 Å². The molecule has 1 fully saturated rings. The van der Waals surface area contributed by atoms with Crippen molar-refractivity contribution in [3.8, 4) is 11.3 Å². The standard InChI is InChI=1S/C30H19ClN2O5/c31-22-11-9-15(13-21(22)30(36)37)23-12-10-16(38-23)14-32-33-28(34)26-24-17-5-1-2-6-18(17)25(27(26)29(33)35)20-8-4-3-7-19(20)24/h1-14,24-27H,(H,36,37)/b32-14+. The topological polar surface area (TPSA) is 100 Å². The van der Waals surface area contributed by atoms with E-state index < -0.39 is 17.8 Å². The van der Waals surface area contributed by atoms with Gasteiger partial charge < -0.3 is 9.52 Å². The molecule has 0 radical (unpaired) electrons. The molecular formula is C30H19ClN2O5. The van der Waals surface area contributed by atoms with Gasteiger partial charge in [-0.05, 0) is 52.6 Å². The fourth-order valence-corrected chi connectivity index (χ4v) is 6.51. The lowest BCUT2D eigenvalue weighted by atomic mass is 9.55. The van der Waals surface area contributed by atoms with E-state index in [0.29, 0.717) is 17.1 Å². The summed E-state index contributed by atoms with van der Waals surface area (Å²) in [6.45, 7) is 0. The van der Waals surface area contributed by atoms with Gasteiger partial charge in [0, 0.05) is 17.4 Å². The number of carboxylic acids is 1. The van der Waals surface area contributed by atoms with Gasteiger partial charge in [-0.15, -0.1) is 0 Å². The second-order valence-corrected chi connectivity index (χ2v) is 10.1. The number of halogens is 1. The maximum atomic E-state index is 13.6. The summed E-state index contributed by atoms with van der Waals surface area (Å²) in [6, 6.07) is 24.0. The van der Waals surface area contributed by atoms with Crippen LogP contribution in [-0.4, -0.2) is 34.1 Å². The minimum Gasteiger partial charge on any atom is -0.478 e. The Balaban J connectivity index is 1.21. The first kappa shape index (κ1) is 22.7. The van der Waals surface area contributed by atoms with Crippen LogP contribution in [0.4, 0.5) is 0 Å². The number of hydrogen-bond acceptors (Lipinski definition) is 5. The zero-order chi connectivity index (χ0) is 26.1. The Bertz CT molecular complexity index is 1590. The Labute approximate surface area is 222 Å². The predicted octanol–water partition coefficient (Wildman–Crippen LogP) is 5.52. The van der Waals surface area contributed by atoms with Crippen LogP contribution >= 0.6 is 11.6 Å². The summed E-state index contributed by atoms with van der Waals surface area (Å²) in [4.78, 5) is 38.7. The number of carboxylic acid groups (broad SMARTS) is 1. The van der Waals surface area contributed by atoms with Crippen LogP contribution in [0.3, 0.4) is 0 Å². The molecule has 0 saturated carbocycles. The van der Waals surface area contributed by atoms with E-state index in [1.807, 2.05) is 24.3 Å². The van der Waals surface area contributed by atoms with Crippen molar-refractivity contribution in [2.45, 2.75) is 11.8 Å². The van der Waals surface area contributed by atoms with Crippen LogP contribution in [0.2, 0.25) is 5.02 Å². The van der Waals surface area contributed by atoms with Gasteiger partial charge in [-0.1, -0.05) is 60.1 Å². The third-order valence-corrected chi connectivity index (χ3v) is 8.16. The number of rotatable bonds is 4. The molecule has 2 bridgehead atoms. The lowest BCUT2D eigenvalue weighted by molar-refractivity contribution is -0.139. The first-order valence-electron chi connectivity index (χ1n) is 12.2. The second kappa shape index (κ2) is 8.26. The van der Waals surface area contributed by atoms with Crippen molar-refractivity contribution < 1.29 is 23.9 Å². The molecule has 3 aliphatic carbocycles. The molecule has 1 saturated heterocycles. The molecule has 1 aliphatic heterocycles. The number of amides is 2. The fourth-order valence-electron chi connectivity index (χ4n) is 6.31. The Morgan fingerprint density at radius 1 is 0.842 bits per heavy atom. The molecule has 1 aromatic heterocycles. The number of hydrazone groups is 1. The van der Waals surface area contributed by atoms with E-state index in [2.05, 4.69) is 29.4 Å². The molecule has 1 N–H and O–H groups in total. The summed E-state index contributed by atoms with van der Waals surface area (Å²) in [5.41, 5.74) is 4.89. The number of furan rings is 1. The molecule has 2 heterocycles. The third-order valence-electron chi connectivity index (χ3n) is 7.83. The van der Waals surface area contributed by atoms with Gasteiger partial charge in [-0.3, -0.25) is 9.59 Å². The van der Waals surface area contributed by atoms with Crippen molar-refractivity contribution in [2.24, 2.45) is 16.9 Å². The molecule has 2 atom stereocenters. The van der Waals surface area contributed by atoms with Crippen molar-refractivity contribution in [1.29, 1.82) is 0 Å². The van der Waals surface area contributed by atoms with Gasteiger partial charge in [0.2, 0.25) is 0 Å². The van der Waals surface area contributed by atoms with Crippen LogP contribution in [0.1, 0.15) is 50.2 Å². The monoisotopic (exact) mass is 522 g/mol.